The van der Waals surface area contributed by atoms with Gasteiger partial charge in [0.2, 0.25) is 5.91 Å². The van der Waals surface area contributed by atoms with Crippen molar-refractivity contribution >= 4 is 49.4 Å². The first-order valence-corrected chi connectivity index (χ1v) is 15.2. The van der Waals surface area contributed by atoms with E-state index >= 15 is 0 Å². The standard InChI is InChI=1S/C28H28Br2F3N5O7/c1-12(40)36-9-20(21(41)10-36)38(16-6-14(29)5-15(30)7-16)28(43)27-26(44-2)24(25(42)22(11-39)45-27)37-8-19(34-35-37)13-3-17(31)23(33)18(32)4-13/h3-8,20-22,24-27,39,41-42H,9-11H2,1-2H3/t20-,21-,22-,24+,25+,26-,27-/m1/s1. The maximum absolute atomic E-state index is 14.5. The Hall–Kier alpha value is -2.93. The molecule has 0 spiro atoms. The maximum atomic E-state index is 14.5. The first-order valence-electron chi connectivity index (χ1n) is 13.6. The van der Waals surface area contributed by atoms with Crippen molar-refractivity contribution in [2.45, 2.75) is 49.5 Å². The van der Waals surface area contributed by atoms with E-state index in [1.54, 1.807) is 18.2 Å². The average molecular weight is 763 g/mol. The van der Waals surface area contributed by atoms with Crippen LogP contribution in [-0.4, -0.2) is 110 Å². The molecular formula is C28H28Br2F3N5O7. The highest BCUT2D eigenvalue weighted by molar-refractivity contribution is 9.11. The SMILES string of the molecule is CO[C@@H]1[C@@H](n2cc(-c3cc(F)c(F)c(F)c3)nn2)[C@@H](O)[C@@H](CO)O[C@H]1C(=O)N(c1cc(Br)cc(Br)c1)[C@@H]1CN(C(C)=O)C[C@H]1O. The number of hydrogen-bond donors (Lipinski definition) is 3. The van der Waals surface area contributed by atoms with E-state index in [4.69, 9.17) is 9.47 Å². The van der Waals surface area contributed by atoms with Crippen molar-refractivity contribution in [3.05, 3.63) is 62.9 Å². The smallest absolute Gasteiger partial charge is 0.259 e. The van der Waals surface area contributed by atoms with Gasteiger partial charge in [0, 0.05) is 47.3 Å². The molecule has 0 aliphatic carbocycles. The lowest BCUT2D eigenvalue weighted by Gasteiger charge is -2.45. The van der Waals surface area contributed by atoms with Gasteiger partial charge in [-0.3, -0.25) is 9.59 Å². The molecule has 2 aliphatic rings. The highest BCUT2D eigenvalue weighted by atomic mass is 79.9. The van der Waals surface area contributed by atoms with Gasteiger partial charge in [-0.2, -0.15) is 0 Å². The molecule has 2 fully saturated rings. The molecule has 0 radical (unpaired) electrons. The van der Waals surface area contributed by atoms with Crippen LogP contribution in [0, 0.1) is 17.5 Å². The second-order valence-corrected chi connectivity index (χ2v) is 12.5. The van der Waals surface area contributed by atoms with Gasteiger partial charge in [0.25, 0.3) is 5.91 Å². The zero-order valence-corrected chi connectivity index (χ0v) is 26.9. The van der Waals surface area contributed by atoms with Crippen molar-refractivity contribution in [3.63, 3.8) is 0 Å². The number of halogens is 5. The summed E-state index contributed by atoms with van der Waals surface area (Å²) in [7, 11) is 1.26. The zero-order valence-electron chi connectivity index (χ0n) is 23.7. The van der Waals surface area contributed by atoms with E-state index < -0.39 is 72.6 Å². The fourth-order valence-corrected chi connectivity index (χ4v) is 6.96. The number of ether oxygens (including phenoxy) is 2. The Bertz CT molecular complexity index is 1560. The van der Waals surface area contributed by atoms with Crippen LogP contribution in [0.1, 0.15) is 13.0 Å². The minimum atomic E-state index is -1.65. The topological polar surface area (TPSA) is 150 Å². The highest BCUT2D eigenvalue weighted by Gasteiger charge is 2.52. The first kappa shape index (κ1) is 33.4. The van der Waals surface area contributed by atoms with Crippen molar-refractivity contribution in [2.24, 2.45) is 0 Å². The lowest BCUT2D eigenvalue weighted by molar-refractivity contribution is -0.211. The highest BCUT2D eigenvalue weighted by Crippen LogP contribution is 2.37. The number of methoxy groups -OCH3 is 1. The van der Waals surface area contributed by atoms with E-state index in [2.05, 4.69) is 42.2 Å². The number of likely N-dealkylation sites (tertiary alicyclic amines) is 1. The second-order valence-electron chi connectivity index (χ2n) is 10.7. The first-order chi connectivity index (χ1) is 21.3. The van der Waals surface area contributed by atoms with Crippen LogP contribution in [0.15, 0.2) is 45.5 Å². The summed E-state index contributed by atoms with van der Waals surface area (Å²) in [6.45, 7) is 0.607. The van der Waals surface area contributed by atoms with E-state index in [1.165, 1.54) is 30.0 Å². The van der Waals surface area contributed by atoms with E-state index in [9.17, 15) is 38.1 Å². The molecule has 0 bridgehead atoms. The monoisotopic (exact) mass is 761 g/mol. The number of amides is 2. The third kappa shape index (κ3) is 6.52. The van der Waals surface area contributed by atoms with Crippen molar-refractivity contribution in [1.82, 2.24) is 19.9 Å². The quantitative estimate of drug-likeness (QED) is 0.308. The van der Waals surface area contributed by atoms with Gasteiger partial charge < -0.3 is 34.6 Å². The molecule has 3 heterocycles. The molecule has 2 saturated heterocycles. The Balaban J connectivity index is 1.56. The van der Waals surface area contributed by atoms with Crippen LogP contribution in [0.25, 0.3) is 11.3 Å². The molecule has 45 heavy (non-hydrogen) atoms. The van der Waals surface area contributed by atoms with Crippen molar-refractivity contribution in [2.75, 3.05) is 31.7 Å². The molecule has 3 N–H and O–H groups in total. The average Bonchev–Trinajstić information content (AvgIpc) is 3.62. The molecule has 17 heteroatoms. The van der Waals surface area contributed by atoms with Crippen LogP contribution < -0.4 is 4.90 Å². The Morgan fingerprint density at radius 3 is 2.29 bits per heavy atom. The summed E-state index contributed by atoms with van der Waals surface area (Å²) in [6.07, 6.45) is -5.55. The van der Waals surface area contributed by atoms with E-state index in [-0.39, 0.29) is 30.3 Å². The number of anilines is 1. The Morgan fingerprint density at radius 2 is 1.73 bits per heavy atom. The van der Waals surface area contributed by atoms with Crippen LogP contribution in [0.5, 0.6) is 0 Å². The molecule has 7 atom stereocenters. The van der Waals surface area contributed by atoms with Gasteiger partial charge in [-0.05, 0) is 30.3 Å². The molecule has 2 aromatic carbocycles. The van der Waals surface area contributed by atoms with Gasteiger partial charge in [0.15, 0.2) is 23.6 Å². The Morgan fingerprint density at radius 1 is 1.09 bits per heavy atom. The number of aliphatic hydroxyl groups excluding tert-OH is 3. The Kier molecular flexibility index (Phi) is 9.98. The third-order valence-electron chi connectivity index (χ3n) is 7.88. The number of rotatable bonds is 7. The van der Waals surface area contributed by atoms with Gasteiger partial charge in [-0.15, -0.1) is 5.10 Å². The van der Waals surface area contributed by atoms with Gasteiger partial charge in [0.05, 0.1) is 24.9 Å². The van der Waals surface area contributed by atoms with Crippen LogP contribution in [-0.2, 0) is 19.1 Å². The number of aromatic nitrogens is 3. The summed E-state index contributed by atoms with van der Waals surface area (Å²) in [5.74, 6) is -5.56. The van der Waals surface area contributed by atoms with Crippen LogP contribution in [0.2, 0.25) is 0 Å². The minimum Gasteiger partial charge on any atom is -0.394 e. The number of carbonyl (C=O) groups excluding carboxylic acids is 2. The molecular weight excluding hydrogens is 735 g/mol. The minimum absolute atomic E-state index is 0.00342. The second kappa shape index (κ2) is 13.4. The normalized spacial score (nSPS) is 26.7. The third-order valence-corrected chi connectivity index (χ3v) is 8.79. The molecule has 2 aliphatic heterocycles. The number of benzene rings is 2. The van der Waals surface area contributed by atoms with Gasteiger partial charge in [0.1, 0.15) is 30.0 Å². The van der Waals surface area contributed by atoms with Crippen LogP contribution in [0.4, 0.5) is 18.9 Å². The molecule has 0 unspecified atom stereocenters. The molecule has 3 aromatic rings. The summed E-state index contributed by atoms with van der Waals surface area (Å²) < 4.78 is 55.3. The van der Waals surface area contributed by atoms with Gasteiger partial charge in [-0.1, -0.05) is 37.1 Å². The van der Waals surface area contributed by atoms with E-state index in [0.717, 1.165) is 16.8 Å². The van der Waals surface area contributed by atoms with Crippen LogP contribution in [0.3, 0.4) is 0 Å². The molecule has 12 nitrogen and oxygen atoms in total. The summed E-state index contributed by atoms with van der Waals surface area (Å²) in [5, 5.41) is 40.3. The summed E-state index contributed by atoms with van der Waals surface area (Å²) in [5.41, 5.74) is 0.112. The van der Waals surface area contributed by atoms with Crippen molar-refractivity contribution < 1.29 is 47.6 Å². The molecule has 242 valence electrons. The van der Waals surface area contributed by atoms with Crippen molar-refractivity contribution in [3.8, 4) is 11.3 Å². The number of carbonyl (C=O) groups is 2. The molecule has 2 amide bonds. The number of nitrogens with zero attached hydrogens (tertiary/aromatic N) is 5. The van der Waals surface area contributed by atoms with E-state index in [0.29, 0.717) is 14.6 Å². The molecule has 0 saturated carbocycles. The molecule has 1 aromatic heterocycles. The lowest BCUT2D eigenvalue weighted by atomic mass is 9.91. The summed E-state index contributed by atoms with van der Waals surface area (Å²) in [4.78, 5) is 29.4. The Labute approximate surface area is 271 Å². The lowest BCUT2D eigenvalue weighted by Crippen LogP contribution is -2.63. The van der Waals surface area contributed by atoms with Crippen LogP contribution >= 0.6 is 31.9 Å². The van der Waals surface area contributed by atoms with Crippen molar-refractivity contribution in [1.29, 1.82) is 0 Å². The number of hydrogen-bond acceptors (Lipinski definition) is 9. The van der Waals surface area contributed by atoms with Gasteiger partial charge in [-0.25, -0.2) is 17.9 Å². The summed E-state index contributed by atoms with van der Waals surface area (Å²) in [6, 6.07) is 4.33. The largest absolute Gasteiger partial charge is 0.394 e. The predicted molar refractivity (Wildman–Crippen MR) is 158 cm³/mol. The maximum Gasteiger partial charge on any atom is 0.259 e. The van der Waals surface area contributed by atoms with E-state index in [1.807, 2.05) is 0 Å². The van der Waals surface area contributed by atoms with Gasteiger partial charge >= 0.3 is 0 Å². The fraction of sp³-hybridized carbons (Fsp3) is 0.429. The summed E-state index contributed by atoms with van der Waals surface area (Å²) >= 11 is 6.82. The fourth-order valence-electron chi connectivity index (χ4n) is 5.70. The zero-order chi connectivity index (χ0) is 32.7. The number of β-amino-alcohol motifs (C(OH)–C–C–N with tert-alkyl or cyclic N) is 1. The predicted octanol–water partition coefficient (Wildman–Crippen LogP) is 2.19. The number of aliphatic hydroxyl groups is 3. The molecule has 5 rings (SSSR count).